The average molecular weight is 336 g/mol. The summed E-state index contributed by atoms with van der Waals surface area (Å²) in [5, 5.41) is 3.07. The van der Waals surface area contributed by atoms with Crippen LogP contribution in [0.3, 0.4) is 0 Å². The zero-order valence-electron chi connectivity index (χ0n) is 12.0. The summed E-state index contributed by atoms with van der Waals surface area (Å²) in [4.78, 5) is 0. The van der Waals surface area contributed by atoms with Crippen molar-refractivity contribution in [2.45, 2.75) is 24.8 Å². The van der Waals surface area contributed by atoms with Gasteiger partial charge in [-0.2, -0.15) is 0 Å². The van der Waals surface area contributed by atoms with E-state index in [0.29, 0.717) is 25.1 Å². The van der Waals surface area contributed by atoms with Gasteiger partial charge in [0.05, 0.1) is 12.4 Å². The van der Waals surface area contributed by atoms with Crippen LogP contribution >= 0.6 is 0 Å². The number of piperidine rings is 1. The fourth-order valence-electron chi connectivity index (χ4n) is 2.66. The third kappa shape index (κ3) is 4.44. The second kappa shape index (κ2) is 7.43. The Balaban J connectivity index is 2.16. The van der Waals surface area contributed by atoms with Crippen LogP contribution in [0.5, 0.6) is 0 Å². The number of sulfonamides is 1. The molecule has 0 radical (unpaired) electrons. The first-order chi connectivity index (χ1) is 10.4. The van der Waals surface area contributed by atoms with Gasteiger partial charge in [0.1, 0.15) is 0 Å². The van der Waals surface area contributed by atoms with E-state index in [0.717, 1.165) is 12.1 Å². The molecule has 1 aromatic rings. The van der Waals surface area contributed by atoms with Crippen LogP contribution in [0, 0.1) is 11.6 Å². The summed E-state index contributed by atoms with van der Waals surface area (Å²) in [6.07, 6.45) is 0.534. The minimum atomic E-state index is -3.60. The fraction of sp³-hybridized carbons (Fsp3) is 0.571. The summed E-state index contributed by atoms with van der Waals surface area (Å²) in [7, 11) is -3.60. The number of rotatable bonds is 6. The number of nitrogens with one attached hydrogen (secondary N) is 2. The van der Waals surface area contributed by atoms with Crippen LogP contribution < -0.4 is 10.0 Å². The van der Waals surface area contributed by atoms with Crippen molar-refractivity contribution in [2.75, 3.05) is 25.5 Å². The van der Waals surface area contributed by atoms with Gasteiger partial charge in [-0.1, -0.05) is 6.07 Å². The van der Waals surface area contributed by atoms with Gasteiger partial charge in [0.15, 0.2) is 11.6 Å². The molecule has 1 aliphatic heterocycles. The second-order valence-electron chi connectivity index (χ2n) is 5.36. The van der Waals surface area contributed by atoms with Gasteiger partial charge in [-0.25, -0.2) is 21.9 Å². The van der Waals surface area contributed by atoms with Crippen LogP contribution in [-0.2, 0) is 10.0 Å². The van der Waals surface area contributed by atoms with E-state index in [1.54, 1.807) is 0 Å². The van der Waals surface area contributed by atoms with Gasteiger partial charge < -0.3 is 5.32 Å². The zero-order valence-corrected chi connectivity index (χ0v) is 12.8. The molecule has 2 atom stereocenters. The molecule has 1 heterocycles. The largest absolute Gasteiger partial charge is 0.315 e. The lowest BCUT2D eigenvalue weighted by Crippen LogP contribution is -2.50. The first-order valence-electron chi connectivity index (χ1n) is 7.14. The second-order valence-corrected chi connectivity index (χ2v) is 7.23. The predicted octanol–water partition coefficient (Wildman–Crippen LogP) is 1.69. The van der Waals surface area contributed by atoms with Crippen molar-refractivity contribution < 1.29 is 21.6 Å². The van der Waals surface area contributed by atoms with Gasteiger partial charge in [0, 0.05) is 18.5 Å². The van der Waals surface area contributed by atoms with Gasteiger partial charge >= 0.3 is 0 Å². The van der Waals surface area contributed by atoms with Crippen LogP contribution in [0.1, 0.15) is 24.3 Å². The lowest BCUT2D eigenvalue weighted by atomic mass is 9.86. The normalized spacial score (nSPS) is 22.7. The third-order valence-electron chi connectivity index (χ3n) is 3.73. The molecule has 1 aliphatic rings. The molecule has 1 aromatic carbocycles. The number of hydrogen-bond acceptors (Lipinski definition) is 3. The molecular formula is C14H19F3N2O2S. The fourth-order valence-corrected chi connectivity index (χ4v) is 3.97. The molecule has 1 fully saturated rings. The molecule has 124 valence electrons. The topological polar surface area (TPSA) is 58.2 Å². The quantitative estimate of drug-likeness (QED) is 0.831. The van der Waals surface area contributed by atoms with Crippen LogP contribution in [0.15, 0.2) is 18.2 Å². The number of halogens is 3. The van der Waals surface area contributed by atoms with Gasteiger partial charge in [0.25, 0.3) is 0 Å². The van der Waals surface area contributed by atoms with E-state index in [4.69, 9.17) is 0 Å². The molecule has 0 aromatic heterocycles. The highest BCUT2D eigenvalue weighted by molar-refractivity contribution is 7.89. The van der Waals surface area contributed by atoms with Crippen molar-refractivity contribution in [1.29, 1.82) is 0 Å². The molecule has 1 saturated heterocycles. The molecule has 8 heteroatoms. The van der Waals surface area contributed by atoms with Gasteiger partial charge in [-0.05, 0) is 37.1 Å². The van der Waals surface area contributed by atoms with E-state index in [2.05, 4.69) is 10.0 Å². The number of hydrogen-bond donors (Lipinski definition) is 2. The summed E-state index contributed by atoms with van der Waals surface area (Å²) in [6, 6.07) is 3.15. The Morgan fingerprint density at radius 2 is 2.05 bits per heavy atom. The molecule has 0 saturated carbocycles. The van der Waals surface area contributed by atoms with Crippen LogP contribution in [0.4, 0.5) is 13.2 Å². The first kappa shape index (κ1) is 17.2. The van der Waals surface area contributed by atoms with E-state index < -0.39 is 34.4 Å². The summed E-state index contributed by atoms with van der Waals surface area (Å²) in [6.45, 7) is 0.349. The molecule has 0 aliphatic carbocycles. The Morgan fingerprint density at radius 1 is 1.27 bits per heavy atom. The maximum absolute atomic E-state index is 13.4. The van der Waals surface area contributed by atoms with Crippen molar-refractivity contribution >= 4 is 10.0 Å². The van der Waals surface area contributed by atoms with Crippen LogP contribution in [0.25, 0.3) is 0 Å². The van der Waals surface area contributed by atoms with E-state index >= 15 is 0 Å². The third-order valence-corrected chi connectivity index (χ3v) is 5.22. The number of alkyl halides is 1. The van der Waals surface area contributed by atoms with E-state index in [1.165, 1.54) is 6.07 Å². The highest BCUT2D eigenvalue weighted by Crippen LogP contribution is 2.27. The highest BCUT2D eigenvalue weighted by Gasteiger charge is 2.30. The highest BCUT2D eigenvalue weighted by atomic mass is 32.2. The van der Waals surface area contributed by atoms with Gasteiger partial charge in [-0.3, -0.25) is 4.39 Å². The summed E-state index contributed by atoms with van der Waals surface area (Å²) >= 11 is 0. The lowest BCUT2D eigenvalue weighted by molar-refractivity contribution is 0.375. The Kier molecular flexibility index (Phi) is 5.82. The SMILES string of the molecule is O=S(=O)(CCCF)NC1CNCCC1c1ccc(F)c(F)c1. The monoisotopic (exact) mass is 336 g/mol. The first-order valence-corrected chi connectivity index (χ1v) is 8.80. The van der Waals surface area contributed by atoms with Crippen molar-refractivity contribution in [2.24, 2.45) is 0 Å². The zero-order chi connectivity index (χ0) is 16.2. The van der Waals surface area contributed by atoms with Crippen molar-refractivity contribution in [1.82, 2.24) is 10.0 Å². The predicted molar refractivity (Wildman–Crippen MR) is 77.9 cm³/mol. The Hall–Kier alpha value is -1.12. The average Bonchev–Trinajstić information content (AvgIpc) is 2.48. The van der Waals surface area contributed by atoms with Crippen LogP contribution in [0.2, 0.25) is 0 Å². The van der Waals surface area contributed by atoms with E-state index in [-0.39, 0.29) is 18.1 Å². The van der Waals surface area contributed by atoms with Crippen LogP contribution in [-0.4, -0.2) is 40.0 Å². The number of benzene rings is 1. The minimum absolute atomic E-state index is 0.0642. The molecule has 2 N–H and O–H groups in total. The summed E-state index contributed by atoms with van der Waals surface area (Å²) in [5.41, 5.74) is 0.554. The molecule has 0 bridgehead atoms. The maximum Gasteiger partial charge on any atom is 0.212 e. The standard InChI is InChI=1S/C14H19F3N2O2S/c15-5-1-7-22(20,21)19-14-9-18-6-4-11(14)10-2-3-12(16)13(17)8-10/h2-3,8,11,14,18-19H,1,4-7,9H2. The Morgan fingerprint density at radius 3 is 2.73 bits per heavy atom. The molecule has 2 rings (SSSR count). The van der Waals surface area contributed by atoms with Crippen molar-refractivity contribution in [3.05, 3.63) is 35.4 Å². The molecule has 22 heavy (non-hydrogen) atoms. The van der Waals surface area contributed by atoms with E-state index in [1.807, 2.05) is 0 Å². The van der Waals surface area contributed by atoms with E-state index in [9.17, 15) is 21.6 Å². The maximum atomic E-state index is 13.4. The lowest BCUT2D eigenvalue weighted by Gasteiger charge is -2.33. The van der Waals surface area contributed by atoms with Crippen molar-refractivity contribution in [3.63, 3.8) is 0 Å². The Labute approximate surface area is 128 Å². The molecule has 0 spiro atoms. The minimum Gasteiger partial charge on any atom is -0.315 e. The Bertz CT molecular complexity index is 610. The summed E-state index contributed by atoms with van der Waals surface area (Å²) < 4.78 is 64.9. The van der Waals surface area contributed by atoms with Gasteiger partial charge in [-0.15, -0.1) is 0 Å². The summed E-state index contributed by atoms with van der Waals surface area (Å²) in [5.74, 6) is -2.42. The smallest absolute Gasteiger partial charge is 0.212 e. The van der Waals surface area contributed by atoms with Crippen molar-refractivity contribution in [3.8, 4) is 0 Å². The van der Waals surface area contributed by atoms with Gasteiger partial charge in [0.2, 0.25) is 10.0 Å². The molecular weight excluding hydrogens is 317 g/mol. The molecule has 4 nitrogen and oxygen atoms in total. The molecule has 0 amide bonds. The molecule has 2 unspecified atom stereocenters.